The van der Waals surface area contributed by atoms with Crippen molar-refractivity contribution in [3.05, 3.63) is 51.7 Å². The molecule has 1 fully saturated rings. The van der Waals surface area contributed by atoms with Gasteiger partial charge in [0.25, 0.3) is 5.91 Å². The summed E-state index contributed by atoms with van der Waals surface area (Å²) in [4.78, 5) is 12.8. The standard InChI is InChI=1S/C18H18ClN5OS/c1-10(2)15-14(9-20-24(15)13-5-3-4-12(19)8-13)16(25)21-18-23-22-17(26-18)11-6-7-11/h3-5,8-11H,6-7H2,1-2H3,(H,21,23,25). The fraction of sp³-hybridized carbons (Fsp3) is 0.333. The van der Waals surface area contributed by atoms with Crippen LogP contribution in [0, 0.1) is 0 Å². The van der Waals surface area contributed by atoms with E-state index in [1.807, 2.05) is 38.1 Å². The highest BCUT2D eigenvalue weighted by Crippen LogP contribution is 2.42. The second kappa shape index (κ2) is 6.81. The summed E-state index contributed by atoms with van der Waals surface area (Å²) in [5.74, 6) is 0.407. The Balaban J connectivity index is 1.63. The monoisotopic (exact) mass is 387 g/mol. The molecule has 1 amide bonds. The predicted octanol–water partition coefficient (Wildman–Crippen LogP) is 4.63. The number of amides is 1. The van der Waals surface area contributed by atoms with Crippen molar-refractivity contribution >= 4 is 34.0 Å². The highest BCUT2D eigenvalue weighted by Gasteiger charge is 2.28. The van der Waals surface area contributed by atoms with E-state index in [4.69, 9.17) is 11.6 Å². The average molecular weight is 388 g/mol. The lowest BCUT2D eigenvalue weighted by molar-refractivity contribution is 0.102. The molecule has 0 aliphatic heterocycles. The molecular formula is C18H18ClN5OS. The zero-order valence-corrected chi connectivity index (χ0v) is 16.0. The van der Waals surface area contributed by atoms with Crippen LogP contribution < -0.4 is 5.32 Å². The Morgan fingerprint density at radius 3 is 2.85 bits per heavy atom. The molecule has 1 aliphatic carbocycles. The third-order valence-electron chi connectivity index (χ3n) is 4.24. The van der Waals surface area contributed by atoms with Crippen molar-refractivity contribution < 1.29 is 4.79 Å². The molecule has 4 rings (SSSR count). The van der Waals surface area contributed by atoms with Crippen molar-refractivity contribution in [1.29, 1.82) is 0 Å². The lowest BCUT2D eigenvalue weighted by atomic mass is 10.1. The van der Waals surface area contributed by atoms with Crippen LogP contribution in [-0.2, 0) is 0 Å². The zero-order valence-electron chi connectivity index (χ0n) is 14.4. The third kappa shape index (κ3) is 3.37. The third-order valence-corrected chi connectivity index (χ3v) is 5.47. The number of hydrogen-bond acceptors (Lipinski definition) is 5. The number of halogens is 1. The second-order valence-corrected chi connectivity index (χ2v) is 8.11. The number of benzene rings is 1. The molecule has 0 spiro atoms. The quantitative estimate of drug-likeness (QED) is 0.692. The number of nitrogens with one attached hydrogen (secondary N) is 1. The summed E-state index contributed by atoms with van der Waals surface area (Å²) in [5, 5.41) is 17.7. The Morgan fingerprint density at radius 1 is 1.35 bits per heavy atom. The van der Waals surface area contributed by atoms with E-state index < -0.39 is 0 Å². The van der Waals surface area contributed by atoms with Crippen LogP contribution in [0.15, 0.2) is 30.5 Å². The lowest BCUT2D eigenvalue weighted by Gasteiger charge is -2.12. The summed E-state index contributed by atoms with van der Waals surface area (Å²) >= 11 is 7.55. The maximum atomic E-state index is 12.8. The van der Waals surface area contributed by atoms with Crippen molar-refractivity contribution in [3.63, 3.8) is 0 Å². The van der Waals surface area contributed by atoms with Gasteiger partial charge >= 0.3 is 0 Å². The normalized spacial score (nSPS) is 14.0. The predicted molar refractivity (Wildman–Crippen MR) is 103 cm³/mol. The van der Waals surface area contributed by atoms with Gasteiger partial charge in [-0.3, -0.25) is 10.1 Å². The van der Waals surface area contributed by atoms with Crippen LogP contribution in [-0.4, -0.2) is 25.9 Å². The molecule has 1 aliphatic rings. The highest BCUT2D eigenvalue weighted by atomic mass is 35.5. The number of carbonyl (C=O) groups is 1. The van der Waals surface area contributed by atoms with Gasteiger partial charge in [-0.15, -0.1) is 10.2 Å². The first-order chi connectivity index (χ1) is 12.5. The van der Waals surface area contributed by atoms with E-state index in [0.29, 0.717) is 21.6 Å². The van der Waals surface area contributed by atoms with Crippen molar-refractivity contribution in [2.75, 3.05) is 5.32 Å². The van der Waals surface area contributed by atoms with E-state index in [0.717, 1.165) is 29.2 Å². The van der Waals surface area contributed by atoms with Gasteiger partial charge in [0.15, 0.2) is 0 Å². The molecule has 2 heterocycles. The molecule has 134 valence electrons. The molecule has 0 radical (unpaired) electrons. The number of aromatic nitrogens is 4. The van der Waals surface area contributed by atoms with Gasteiger partial charge in [-0.1, -0.05) is 42.9 Å². The summed E-state index contributed by atoms with van der Waals surface area (Å²) in [7, 11) is 0. The number of rotatable bonds is 5. The Hall–Kier alpha value is -2.25. The first-order valence-corrected chi connectivity index (χ1v) is 9.71. The van der Waals surface area contributed by atoms with E-state index >= 15 is 0 Å². The number of anilines is 1. The number of hydrogen-bond donors (Lipinski definition) is 1. The largest absolute Gasteiger partial charge is 0.296 e. The molecule has 26 heavy (non-hydrogen) atoms. The number of carbonyl (C=O) groups excluding carboxylic acids is 1. The minimum atomic E-state index is -0.222. The molecular weight excluding hydrogens is 370 g/mol. The van der Waals surface area contributed by atoms with Crippen molar-refractivity contribution in [2.24, 2.45) is 0 Å². The van der Waals surface area contributed by atoms with E-state index in [2.05, 4.69) is 20.6 Å². The summed E-state index contributed by atoms with van der Waals surface area (Å²) < 4.78 is 1.77. The van der Waals surface area contributed by atoms with E-state index in [1.54, 1.807) is 10.9 Å². The Morgan fingerprint density at radius 2 is 2.15 bits per heavy atom. The SMILES string of the molecule is CC(C)c1c(C(=O)Nc2nnc(C3CC3)s2)cnn1-c1cccc(Cl)c1. The van der Waals surface area contributed by atoms with E-state index in [-0.39, 0.29) is 11.8 Å². The average Bonchev–Trinajstić information content (AvgIpc) is 3.18. The molecule has 1 N–H and O–H groups in total. The van der Waals surface area contributed by atoms with Crippen LogP contribution in [0.5, 0.6) is 0 Å². The molecule has 2 aromatic heterocycles. The smallest absolute Gasteiger partial charge is 0.260 e. The van der Waals surface area contributed by atoms with Crippen LogP contribution in [0.4, 0.5) is 5.13 Å². The Kier molecular flexibility index (Phi) is 4.50. The second-order valence-electron chi connectivity index (χ2n) is 6.66. The van der Waals surface area contributed by atoms with Crippen LogP contribution in [0.2, 0.25) is 5.02 Å². The fourth-order valence-corrected chi connectivity index (χ4v) is 3.94. The van der Waals surface area contributed by atoms with E-state index in [1.165, 1.54) is 11.3 Å². The van der Waals surface area contributed by atoms with Gasteiger partial charge in [0.2, 0.25) is 5.13 Å². The van der Waals surface area contributed by atoms with Gasteiger partial charge in [0.05, 0.1) is 23.1 Å². The minimum absolute atomic E-state index is 0.105. The molecule has 0 saturated heterocycles. The van der Waals surface area contributed by atoms with Crippen LogP contribution in [0.3, 0.4) is 0 Å². The first kappa shape index (κ1) is 17.2. The fourth-order valence-electron chi connectivity index (χ4n) is 2.85. The summed E-state index contributed by atoms with van der Waals surface area (Å²) in [6, 6.07) is 7.42. The summed E-state index contributed by atoms with van der Waals surface area (Å²) in [5.41, 5.74) is 2.19. The molecule has 1 saturated carbocycles. The maximum Gasteiger partial charge on any atom is 0.260 e. The molecule has 0 unspecified atom stereocenters. The van der Waals surface area contributed by atoms with Crippen molar-refractivity contribution in [2.45, 2.75) is 38.5 Å². The van der Waals surface area contributed by atoms with Gasteiger partial charge in [-0.25, -0.2) is 4.68 Å². The van der Waals surface area contributed by atoms with Crippen molar-refractivity contribution in [1.82, 2.24) is 20.0 Å². The maximum absolute atomic E-state index is 12.8. The van der Waals surface area contributed by atoms with Crippen LogP contribution in [0.1, 0.15) is 59.6 Å². The molecule has 0 atom stereocenters. The topological polar surface area (TPSA) is 72.7 Å². The molecule has 6 nitrogen and oxygen atoms in total. The zero-order chi connectivity index (χ0) is 18.3. The van der Waals surface area contributed by atoms with Crippen molar-refractivity contribution in [3.8, 4) is 5.69 Å². The van der Waals surface area contributed by atoms with Gasteiger partial charge in [0, 0.05) is 10.9 Å². The summed E-state index contributed by atoms with van der Waals surface area (Å²) in [6.07, 6.45) is 3.91. The number of nitrogens with zero attached hydrogens (tertiary/aromatic N) is 4. The highest BCUT2D eigenvalue weighted by molar-refractivity contribution is 7.15. The first-order valence-electron chi connectivity index (χ1n) is 8.51. The van der Waals surface area contributed by atoms with Gasteiger partial charge in [0.1, 0.15) is 5.01 Å². The van der Waals surface area contributed by atoms with Gasteiger partial charge in [-0.2, -0.15) is 5.10 Å². The lowest BCUT2D eigenvalue weighted by Crippen LogP contribution is -2.15. The molecule has 0 bridgehead atoms. The molecule has 1 aromatic carbocycles. The minimum Gasteiger partial charge on any atom is -0.296 e. The van der Waals surface area contributed by atoms with Crippen LogP contribution >= 0.6 is 22.9 Å². The van der Waals surface area contributed by atoms with Crippen LogP contribution in [0.25, 0.3) is 5.69 Å². The Labute approximate surface area is 160 Å². The Bertz CT molecular complexity index is 960. The molecule has 3 aromatic rings. The van der Waals surface area contributed by atoms with Gasteiger partial charge < -0.3 is 0 Å². The van der Waals surface area contributed by atoms with E-state index in [9.17, 15) is 4.79 Å². The summed E-state index contributed by atoms with van der Waals surface area (Å²) in [6.45, 7) is 4.07. The molecule has 8 heteroatoms. The van der Waals surface area contributed by atoms with Gasteiger partial charge in [-0.05, 0) is 37.0 Å².